The van der Waals surface area contributed by atoms with Gasteiger partial charge in [-0.25, -0.2) is 30.4 Å². The average Bonchev–Trinajstić information content (AvgIpc) is 2.63. The summed E-state index contributed by atoms with van der Waals surface area (Å²) in [5, 5.41) is 10.3. The van der Waals surface area contributed by atoms with Crippen LogP contribution in [0.25, 0.3) is 0 Å². The molecule has 12 nitrogen and oxygen atoms in total. The Morgan fingerprint density at radius 3 is 1.97 bits per heavy atom. The molecule has 0 saturated carbocycles. The predicted molar refractivity (Wildman–Crippen MR) is 104 cm³/mol. The van der Waals surface area contributed by atoms with E-state index in [2.05, 4.69) is 8.92 Å². The van der Waals surface area contributed by atoms with E-state index in [0.717, 1.165) is 0 Å². The number of ether oxygens (including phenoxy) is 1. The lowest BCUT2D eigenvalue weighted by Gasteiger charge is -2.21. The van der Waals surface area contributed by atoms with Crippen LogP contribution in [-0.4, -0.2) is 79.0 Å². The molecule has 0 atom stereocenters. The standard InChI is InChI=1S/C14H15F7N2O10S3/c1-34(26,27)23-35(28,29)14(20,21)36(30,31)33-10-4-8(11(24)25)2-3-9(10)32-7-12(15,16)5-22-6-13(17,18)19/h2-4,22-23H,5-7H2,1H3,(H,24,25). The van der Waals surface area contributed by atoms with Crippen molar-refractivity contribution >= 4 is 36.1 Å². The molecule has 0 aromatic heterocycles. The summed E-state index contributed by atoms with van der Waals surface area (Å²) >= 11 is 0. The van der Waals surface area contributed by atoms with Gasteiger partial charge in [0, 0.05) is 6.07 Å². The number of aromatic carboxylic acids is 1. The van der Waals surface area contributed by atoms with Gasteiger partial charge in [-0.1, -0.05) is 0 Å². The maximum absolute atomic E-state index is 14.2. The van der Waals surface area contributed by atoms with Gasteiger partial charge in [0.15, 0.2) is 18.1 Å². The van der Waals surface area contributed by atoms with Gasteiger partial charge in [-0.15, -0.1) is 4.13 Å². The second kappa shape index (κ2) is 10.5. The highest BCUT2D eigenvalue weighted by molar-refractivity contribution is 8.12. The van der Waals surface area contributed by atoms with E-state index < -0.39 is 89.6 Å². The number of carbonyl (C=O) groups is 1. The first kappa shape index (κ1) is 31.6. The minimum atomic E-state index is -6.74. The van der Waals surface area contributed by atoms with E-state index in [1.165, 1.54) is 5.32 Å². The number of carboxylic acids is 1. The van der Waals surface area contributed by atoms with Crippen LogP contribution in [0.2, 0.25) is 0 Å². The highest BCUT2D eigenvalue weighted by Crippen LogP contribution is 2.36. The zero-order valence-corrected chi connectivity index (χ0v) is 19.8. The first-order chi connectivity index (χ1) is 15.9. The first-order valence-corrected chi connectivity index (χ1v) is 13.4. The normalized spacial score (nSPS) is 13.9. The molecule has 1 aromatic carbocycles. The SMILES string of the molecule is CS(=O)(=O)NS(=O)(=O)C(F)(F)S(=O)(=O)Oc1cc(C(=O)O)ccc1OCC(F)(F)CNCC(F)(F)F. The molecule has 0 fully saturated rings. The van der Waals surface area contributed by atoms with Gasteiger partial charge in [-0.2, -0.15) is 30.4 Å². The Labute approximate surface area is 198 Å². The number of hydrogen-bond acceptors (Lipinski definition) is 10. The third kappa shape index (κ3) is 8.90. The van der Waals surface area contributed by atoms with Crippen molar-refractivity contribution in [3.63, 3.8) is 0 Å². The molecule has 0 bridgehead atoms. The van der Waals surface area contributed by atoms with Crippen molar-refractivity contribution in [2.24, 2.45) is 0 Å². The molecule has 0 aliphatic carbocycles. The Bertz CT molecular complexity index is 1300. The van der Waals surface area contributed by atoms with Crippen LogP contribution in [0.4, 0.5) is 30.7 Å². The fourth-order valence-corrected chi connectivity index (χ4v) is 5.92. The van der Waals surface area contributed by atoms with Crippen molar-refractivity contribution in [2.45, 2.75) is 16.7 Å². The van der Waals surface area contributed by atoms with E-state index in [0.29, 0.717) is 16.3 Å². The molecular formula is C14H15F7N2O10S3. The van der Waals surface area contributed by atoms with E-state index in [4.69, 9.17) is 5.11 Å². The molecule has 0 unspecified atom stereocenters. The maximum atomic E-state index is 14.2. The third-order valence-electron chi connectivity index (χ3n) is 3.40. The summed E-state index contributed by atoms with van der Waals surface area (Å²) in [5.74, 6) is -8.64. The molecule has 0 saturated heterocycles. The molecule has 208 valence electrons. The largest absolute Gasteiger partial charge is 0.496 e. The molecule has 0 spiro atoms. The predicted octanol–water partition coefficient (Wildman–Crippen LogP) is 0.689. The number of alkyl halides is 7. The topological polar surface area (TPSA) is 182 Å². The Balaban J connectivity index is 3.30. The van der Waals surface area contributed by atoms with Crippen molar-refractivity contribution < 1.29 is 74.8 Å². The number of halogens is 7. The summed E-state index contributed by atoms with van der Waals surface area (Å²) < 4.78 is 164. The van der Waals surface area contributed by atoms with Gasteiger partial charge < -0.3 is 19.3 Å². The molecule has 0 heterocycles. The van der Waals surface area contributed by atoms with Crippen LogP contribution in [0.5, 0.6) is 11.5 Å². The van der Waals surface area contributed by atoms with Crippen LogP contribution < -0.4 is 18.4 Å². The molecule has 0 aliphatic rings. The smallest absolute Gasteiger partial charge is 0.483 e. The van der Waals surface area contributed by atoms with Crippen molar-refractivity contribution in [2.75, 3.05) is 26.0 Å². The third-order valence-corrected chi connectivity index (χ3v) is 8.37. The second-order valence-corrected chi connectivity index (χ2v) is 12.3. The molecule has 22 heteroatoms. The average molecular weight is 600 g/mol. The van der Waals surface area contributed by atoms with Crippen LogP contribution in [0, 0.1) is 0 Å². The highest BCUT2D eigenvalue weighted by atomic mass is 32.3. The Hall–Kier alpha value is -2.43. The van der Waals surface area contributed by atoms with Crippen molar-refractivity contribution in [3.05, 3.63) is 23.8 Å². The molecule has 0 radical (unpaired) electrons. The minimum absolute atomic E-state index is 0.0835. The lowest BCUT2D eigenvalue weighted by Crippen LogP contribution is -2.48. The molecule has 36 heavy (non-hydrogen) atoms. The summed E-state index contributed by atoms with van der Waals surface area (Å²) in [7, 11) is -18.3. The quantitative estimate of drug-likeness (QED) is 0.214. The monoisotopic (exact) mass is 600 g/mol. The van der Waals surface area contributed by atoms with Crippen LogP contribution >= 0.6 is 0 Å². The summed E-state index contributed by atoms with van der Waals surface area (Å²) in [5.41, 5.74) is -0.897. The van der Waals surface area contributed by atoms with Gasteiger partial charge in [-0.3, -0.25) is 0 Å². The van der Waals surface area contributed by atoms with Crippen LogP contribution in [0.15, 0.2) is 18.2 Å². The molecule has 3 N–H and O–H groups in total. The molecule has 1 rings (SSSR count). The first-order valence-electron chi connectivity index (χ1n) is 8.59. The summed E-state index contributed by atoms with van der Waals surface area (Å²) in [6, 6.07) is 1.19. The van der Waals surface area contributed by atoms with Gasteiger partial charge in [0.05, 0.1) is 24.9 Å². The zero-order valence-electron chi connectivity index (χ0n) is 17.3. The van der Waals surface area contributed by atoms with E-state index in [1.807, 2.05) is 0 Å². The van der Waals surface area contributed by atoms with Crippen molar-refractivity contribution in [3.8, 4) is 11.5 Å². The fraction of sp³-hybridized carbons (Fsp3) is 0.500. The van der Waals surface area contributed by atoms with Gasteiger partial charge >= 0.3 is 36.9 Å². The number of rotatable bonds is 13. The van der Waals surface area contributed by atoms with Crippen LogP contribution in [-0.2, 0) is 30.2 Å². The maximum Gasteiger partial charge on any atom is 0.496 e. The molecule has 0 amide bonds. The fourth-order valence-electron chi connectivity index (χ4n) is 2.00. The highest BCUT2D eigenvalue weighted by Gasteiger charge is 2.61. The van der Waals surface area contributed by atoms with Gasteiger partial charge in [-0.05, 0) is 12.1 Å². The number of carboxylic acid groups (broad SMARTS) is 1. The zero-order chi connectivity index (χ0) is 28.4. The van der Waals surface area contributed by atoms with Gasteiger partial charge in [0.25, 0.3) is 5.92 Å². The summed E-state index contributed by atoms with van der Waals surface area (Å²) in [6.45, 7) is -5.26. The number of nitrogens with one attached hydrogen (secondary N) is 2. The van der Waals surface area contributed by atoms with Crippen LogP contribution in [0.3, 0.4) is 0 Å². The van der Waals surface area contributed by atoms with Gasteiger partial charge in [0.1, 0.15) is 0 Å². The summed E-state index contributed by atoms with van der Waals surface area (Å²) in [6.07, 6.45) is -4.77. The minimum Gasteiger partial charge on any atom is -0.483 e. The number of sulfonamides is 2. The Morgan fingerprint density at radius 2 is 1.50 bits per heavy atom. The van der Waals surface area contributed by atoms with E-state index in [1.54, 1.807) is 0 Å². The van der Waals surface area contributed by atoms with E-state index in [9.17, 15) is 60.8 Å². The summed E-state index contributed by atoms with van der Waals surface area (Å²) in [4.78, 5) is 11.1. The van der Waals surface area contributed by atoms with Gasteiger partial charge in [0.2, 0.25) is 10.0 Å². The number of hydrogen-bond donors (Lipinski definition) is 3. The second-order valence-electron chi connectivity index (χ2n) is 6.69. The lowest BCUT2D eigenvalue weighted by atomic mass is 10.2. The van der Waals surface area contributed by atoms with Crippen molar-refractivity contribution in [1.82, 2.24) is 9.44 Å². The van der Waals surface area contributed by atoms with Crippen LogP contribution in [0.1, 0.15) is 10.4 Å². The number of benzene rings is 1. The van der Waals surface area contributed by atoms with Crippen molar-refractivity contribution in [1.29, 1.82) is 0 Å². The van der Waals surface area contributed by atoms with E-state index in [-0.39, 0.29) is 12.3 Å². The Morgan fingerprint density at radius 1 is 0.944 bits per heavy atom. The molecule has 0 aliphatic heterocycles. The lowest BCUT2D eigenvalue weighted by molar-refractivity contribution is -0.129. The van der Waals surface area contributed by atoms with E-state index >= 15 is 0 Å². The molecule has 1 aromatic rings. The molecular weight excluding hydrogens is 585 g/mol. The Kier molecular flexibility index (Phi) is 9.23.